The zero-order chi connectivity index (χ0) is 19.4. The van der Waals surface area contributed by atoms with Crippen LogP contribution in [0.5, 0.6) is 0 Å². The van der Waals surface area contributed by atoms with E-state index in [1.807, 2.05) is 48.5 Å². The summed E-state index contributed by atoms with van der Waals surface area (Å²) < 4.78 is 1.69. The van der Waals surface area contributed by atoms with Gasteiger partial charge in [-0.15, -0.1) is 0 Å². The Balaban J connectivity index is 2.00. The zero-order valence-corrected chi connectivity index (χ0v) is 15.9. The van der Waals surface area contributed by atoms with Gasteiger partial charge in [-0.2, -0.15) is 0 Å². The van der Waals surface area contributed by atoms with Gasteiger partial charge in [-0.1, -0.05) is 37.6 Å². The predicted octanol–water partition coefficient (Wildman–Crippen LogP) is 3.48. The van der Waals surface area contributed by atoms with Crippen LogP contribution in [0.2, 0.25) is 0 Å². The highest BCUT2D eigenvalue weighted by molar-refractivity contribution is 6.10. The fourth-order valence-electron chi connectivity index (χ4n) is 2.94. The van der Waals surface area contributed by atoms with Crippen LogP contribution in [0.3, 0.4) is 0 Å². The maximum absolute atomic E-state index is 13.1. The lowest BCUT2D eigenvalue weighted by Gasteiger charge is -2.16. The highest BCUT2D eigenvalue weighted by Gasteiger charge is 2.25. The number of nitrogens with zero attached hydrogens (tertiary/aromatic N) is 4. The van der Waals surface area contributed by atoms with Crippen molar-refractivity contribution in [2.45, 2.75) is 19.8 Å². The Kier molecular flexibility index (Phi) is 5.54. The van der Waals surface area contributed by atoms with Gasteiger partial charge in [-0.25, -0.2) is 4.98 Å². The normalized spacial score (nSPS) is 10.8. The molecule has 0 saturated heterocycles. The number of carbonyl (C=O) groups is 2. The van der Waals surface area contributed by atoms with Crippen LogP contribution in [0.4, 0.5) is 5.69 Å². The first-order valence-corrected chi connectivity index (χ1v) is 9.10. The van der Waals surface area contributed by atoms with Gasteiger partial charge < -0.3 is 9.80 Å². The number of para-hydroxylation sites is 1. The van der Waals surface area contributed by atoms with Gasteiger partial charge in [0, 0.05) is 32.5 Å². The number of aromatic nitrogens is 2. The Bertz CT molecular complexity index is 949. The molecule has 0 spiro atoms. The number of rotatable bonds is 6. The summed E-state index contributed by atoms with van der Waals surface area (Å²) in [6.45, 7) is 2.74. The van der Waals surface area contributed by atoms with E-state index in [2.05, 4.69) is 11.9 Å². The van der Waals surface area contributed by atoms with Crippen molar-refractivity contribution in [3.05, 3.63) is 66.2 Å². The molecule has 6 nitrogen and oxygen atoms in total. The molecule has 3 rings (SSSR count). The molecule has 6 heteroatoms. The van der Waals surface area contributed by atoms with Crippen LogP contribution in [0.15, 0.2) is 54.7 Å². The highest BCUT2D eigenvalue weighted by atomic mass is 16.2. The Morgan fingerprint density at radius 1 is 1.00 bits per heavy atom. The van der Waals surface area contributed by atoms with E-state index in [4.69, 9.17) is 0 Å². The summed E-state index contributed by atoms with van der Waals surface area (Å²) in [7, 11) is 3.47. The minimum atomic E-state index is -0.250. The molecule has 3 aromatic rings. The van der Waals surface area contributed by atoms with E-state index in [9.17, 15) is 9.59 Å². The lowest BCUT2D eigenvalue weighted by atomic mass is 10.2. The molecule has 27 heavy (non-hydrogen) atoms. The SMILES string of the molecule is CCCCN(C)C(=O)c1nc(C(=O)N(C)c2ccccc2)c2ccccn12. The molecule has 0 aliphatic rings. The maximum atomic E-state index is 13.1. The summed E-state index contributed by atoms with van der Waals surface area (Å²) in [5.41, 5.74) is 1.67. The van der Waals surface area contributed by atoms with Crippen molar-refractivity contribution in [1.29, 1.82) is 0 Å². The van der Waals surface area contributed by atoms with Crippen LogP contribution in [-0.2, 0) is 0 Å². The number of anilines is 1. The summed E-state index contributed by atoms with van der Waals surface area (Å²) in [4.78, 5) is 33.6. The van der Waals surface area contributed by atoms with E-state index in [0.29, 0.717) is 12.1 Å². The van der Waals surface area contributed by atoms with Crippen LogP contribution in [0.25, 0.3) is 5.52 Å². The fraction of sp³-hybridized carbons (Fsp3) is 0.286. The van der Waals surface area contributed by atoms with E-state index in [-0.39, 0.29) is 23.3 Å². The van der Waals surface area contributed by atoms with E-state index in [0.717, 1.165) is 18.5 Å². The fourth-order valence-corrected chi connectivity index (χ4v) is 2.94. The summed E-state index contributed by atoms with van der Waals surface area (Å²) in [6.07, 6.45) is 3.70. The Hall–Kier alpha value is -3.15. The van der Waals surface area contributed by atoms with Crippen molar-refractivity contribution in [2.24, 2.45) is 0 Å². The number of unbranched alkanes of at least 4 members (excludes halogenated alkanes) is 1. The Morgan fingerprint density at radius 2 is 1.70 bits per heavy atom. The average Bonchev–Trinajstić information content (AvgIpc) is 3.10. The molecule has 0 fully saturated rings. The van der Waals surface area contributed by atoms with Gasteiger partial charge in [-0.05, 0) is 30.7 Å². The van der Waals surface area contributed by atoms with E-state index in [1.54, 1.807) is 34.5 Å². The van der Waals surface area contributed by atoms with Crippen LogP contribution in [0, 0.1) is 0 Å². The lowest BCUT2D eigenvalue weighted by molar-refractivity contribution is 0.0780. The van der Waals surface area contributed by atoms with Crippen molar-refractivity contribution in [3.63, 3.8) is 0 Å². The first kappa shape index (κ1) is 18.6. The molecule has 0 aliphatic heterocycles. The van der Waals surface area contributed by atoms with Gasteiger partial charge in [0.15, 0.2) is 5.69 Å². The van der Waals surface area contributed by atoms with Crippen molar-refractivity contribution in [2.75, 3.05) is 25.5 Å². The molecule has 1 aromatic carbocycles. The molecular weight excluding hydrogens is 340 g/mol. The van der Waals surface area contributed by atoms with Gasteiger partial charge in [-0.3, -0.25) is 14.0 Å². The number of benzene rings is 1. The molecule has 0 saturated carbocycles. The Morgan fingerprint density at radius 3 is 2.41 bits per heavy atom. The lowest BCUT2D eigenvalue weighted by Crippen LogP contribution is -2.30. The summed E-state index contributed by atoms with van der Waals surface area (Å²) >= 11 is 0. The number of fused-ring (bicyclic) bond motifs is 1. The number of pyridine rings is 1. The maximum Gasteiger partial charge on any atom is 0.289 e. The first-order valence-electron chi connectivity index (χ1n) is 9.10. The third-order valence-electron chi connectivity index (χ3n) is 4.58. The number of amides is 2. The van der Waals surface area contributed by atoms with Crippen LogP contribution >= 0.6 is 0 Å². The highest BCUT2D eigenvalue weighted by Crippen LogP contribution is 2.19. The van der Waals surface area contributed by atoms with Crippen molar-refractivity contribution in [3.8, 4) is 0 Å². The second-order valence-corrected chi connectivity index (χ2v) is 6.52. The van der Waals surface area contributed by atoms with Crippen molar-refractivity contribution < 1.29 is 9.59 Å². The monoisotopic (exact) mass is 364 g/mol. The quantitative estimate of drug-likeness (QED) is 0.673. The molecule has 2 aromatic heterocycles. The molecule has 0 aliphatic carbocycles. The minimum absolute atomic E-state index is 0.189. The molecule has 0 bridgehead atoms. The summed E-state index contributed by atoms with van der Waals surface area (Å²) in [6, 6.07) is 14.8. The number of hydrogen-bond donors (Lipinski definition) is 0. The van der Waals surface area contributed by atoms with Crippen molar-refractivity contribution >= 4 is 23.0 Å². The number of hydrogen-bond acceptors (Lipinski definition) is 3. The summed E-state index contributed by atoms with van der Waals surface area (Å²) in [5, 5.41) is 0. The standard InChI is InChI=1S/C21H24N4O2/c1-4-5-14-23(2)21(27)19-22-18(17-13-9-10-15-25(17)19)20(26)24(3)16-11-7-6-8-12-16/h6-13,15H,4-5,14H2,1-3H3. The topological polar surface area (TPSA) is 57.9 Å². The molecule has 0 unspecified atom stereocenters. The third-order valence-corrected chi connectivity index (χ3v) is 4.58. The van der Waals surface area contributed by atoms with Gasteiger partial charge >= 0.3 is 0 Å². The van der Waals surface area contributed by atoms with Gasteiger partial charge in [0.05, 0.1) is 5.52 Å². The molecular formula is C21H24N4O2. The zero-order valence-electron chi connectivity index (χ0n) is 15.9. The van der Waals surface area contributed by atoms with E-state index >= 15 is 0 Å². The minimum Gasteiger partial charge on any atom is -0.339 e. The number of carbonyl (C=O) groups excluding carboxylic acids is 2. The Labute approximate surface area is 159 Å². The number of imidazole rings is 1. The largest absolute Gasteiger partial charge is 0.339 e. The average molecular weight is 364 g/mol. The molecule has 140 valence electrons. The van der Waals surface area contributed by atoms with Gasteiger partial charge in [0.25, 0.3) is 11.8 Å². The van der Waals surface area contributed by atoms with Crippen LogP contribution in [0.1, 0.15) is 40.9 Å². The summed E-state index contributed by atoms with van der Waals surface area (Å²) in [5.74, 6) is -0.180. The van der Waals surface area contributed by atoms with E-state index in [1.165, 1.54) is 0 Å². The van der Waals surface area contributed by atoms with Gasteiger partial charge in [0.2, 0.25) is 5.82 Å². The molecule has 0 atom stereocenters. The smallest absolute Gasteiger partial charge is 0.289 e. The molecule has 0 radical (unpaired) electrons. The third kappa shape index (κ3) is 3.69. The van der Waals surface area contributed by atoms with Crippen LogP contribution in [-0.4, -0.2) is 46.7 Å². The second-order valence-electron chi connectivity index (χ2n) is 6.52. The molecule has 2 heterocycles. The predicted molar refractivity (Wildman–Crippen MR) is 106 cm³/mol. The van der Waals surface area contributed by atoms with Gasteiger partial charge in [0.1, 0.15) is 0 Å². The van der Waals surface area contributed by atoms with E-state index < -0.39 is 0 Å². The van der Waals surface area contributed by atoms with Crippen LogP contribution < -0.4 is 4.90 Å². The van der Waals surface area contributed by atoms with Crippen molar-refractivity contribution in [1.82, 2.24) is 14.3 Å². The first-order chi connectivity index (χ1) is 13.0. The second kappa shape index (κ2) is 8.03. The molecule has 0 N–H and O–H groups in total. The molecule has 2 amide bonds.